The highest BCUT2D eigenvalue weighted by molar-refractivity contribution is 6.33. The number of para-hydroxylation sites is 1. The summed E-state index contributed by atoms with van der Waals surface area (Å²) in [6, 6.07) is 22.6. The number of nitro benzene ring substituents is 1. The molecule has 1 heterocycles. The number of hydrogen-bond donors (Lipinski definition) is 1. The Morgan fingerprint density at radius 3 is 2.55 bits per heavy atom. The lowest BCUT2D eigenvalue weighted by atomic mass is 10.0. The second kappa shape index (κ2) is 8.73. The second-order valence-corrected chi connectivity index (χ2v) is 7.01. The Bertz CT molecular complexity index is 1320. The van der Waals surface area contributed by atoms with Crippen molar-refractivity contribution >= 4 is 40.3 Å². The zero-order chi connectivity index (χ0) is 21.8. The third kappa shape index (κ3) is 4.41. The third-order valence-electron chi connectivity index (χ3n) is 4.59. The Morgan fingerprint density at radius 2 is 1.77 bits per heavy atom. The number of hydrogen-bond acceptors (Lipinski definition) is 5. The number of aromatic nitrogens is 1. The predicted molar refractivity (Wildman–Crippen MR) is 120 cm³/mol. The molecule has 0 saturated heterocycles. The minimum atomic E-state index is -0.527. The molecule has 0 fully saturated rings. The normalized spacial score (nSPS) is 11.0. The number of fused-ring (bicyclic) bond motifs is 1. The van der Waals surface area contributed by atoms with Gasteiger partial charge in [0.25, 0.3) is 11.6 Å². The van der Waals surface area contributed by atoms with Crippen LogP contribution in [0.3, 0.4) is 0 Å². The van der Waals surface area contributed by atoms with Crippen molar-refractivity contribution in [3.63, 3.8) is 0 Å². The molecule has 0 saturated carbocycles. The molecule has 0 aliphatic heterocycles. The largest absolute Gasteiger partial charge is 0.272 e. The monoisotopic (exact) mass is 430 g/mol. The number of nitro groups is 1. The highest BCUT2D eigenvalue weighted by Gasteiger charge is 2.14. The van der Waals surface area contributed by atoms with Crippen LogP contribution < -0.4 is 5.43 Å². The standard InChI is InChI=1S/C23H15ClN4O3/c24-20-11-10-17(28(30)31)12-16(20)14-25-27-23(29)19-13-22(15-6-2-1-3-7-15)26-21-9-5-4-8-18(19)21/h1-14H,(H,27,29). The number of carbonyl (C=O) groups excluding carboxylic acids is 1. The number of non-ortho nitro benzene ring substituents is 1. The molecule has 4 rings (SSSR count). The van der Waals surface area contributed by atoms with Gasteiger partial charge in [0.15, 0.2) is 0 Å². The van der Waals surface area contributed by atoms with Crippen LogP contribution in [-0.2, 0) is 0 Å². The second-order valence-electron chi connectivity index (χ2n) is 6.60. The van der Waals surface area contributed by atoms with E-state index in [4.69, 9.17) is 11.6 Å². The summed E-state index contributed by atoms with van der Waals surface area (Å²) in [6.45, 7) is 0. The number of hydrazone groups is 1. The van der Waals surface area contributed by atoms with E-state index in [0.29, 0.717) is 27.7 Å². The quantitative estimate of drug-likeness (QED) is 0.266. The van der Waals surface area contributed by atoms with E-state index in [1.54, 1.807) is 6.07 Å². The van der Waals surface area contributed by atoms with Crippen LogP contribution in [0.1, 0.15) is 15.9 Å². The molecule has 0 aliphatic rings. The van der Waals surface area contributed by atoms with Crippen LogP contribution in [0.2, 0.25) is 5.02 Å². The molecule has 7 nitrogen and oxygen atoms in total. The molecule has 0 atom stereocenters. The number of nitrogens with one attached hydrogen (secondary N) is 1. The summed E-state index contributed by atoms with van der Waals surface area (Å²) in [5.74, 6) is -0.436. The number of pyridine rings is 1. The highest BCUT2D eigenvalue weighted by Crippen LogP contribution is 2.25. The van der Waals surface area contributed by atoms with Gasteiger partial charge in [0, 0.05) is 33.7 Å². The van der Waals surface area contributed by atoms with E-state index in [1.807, 2.05) is 54.6 Å². The maximum atomic E-state index is 12.9. The van der Waals surface area contributed by atoms with Crippen LogP contribution in [-0.4, -0.2) is 22.0 Å². The molecular formula is C23H15ClN4O3. The van der Waals surface area contributed by atoms with Crippen LogP contribution in [0.25, 0.3) is 22.2 Å². The van der Waals surface area contributed by atoms with Gasteiger partial charge in [-0.05, 0) is 18.2 Å². The molecule has 0 bridgehead atoms. The highest BCUT2D eigenvalue weighted by atomic mass is 35.5. The molecule has 0 spiro atoms. The fourth-order valence-electron chi connectivity index (χ4n) is 3.08. The van der Waals surface area contributed by atoms with Crippen molar-refractivity contribution in [2.45, 2.75) is 0 Å². The first-order valence-corrected chi connectivity index (χ1v) is 9.63. The number of amides is 1. The Balaban J connectivity index is 1.66. The van der Waals surface area contributed by atoms with Gasteiger partial charge in [-0.15, -0.1) is 0 Å². The Kier molecular flexibility index (Phi) is 5.68. The van der Waals surface area contributed by atoms with Gasteiger partial charge in [-0.25, -0.2) is 10.4 Å². The topological polar surface area (TPSA) is 97.5 Å². The van der Waals surface area contributed by atoms with E-state index < -0.39 is 10.8 Å². The molecule has 1 N–H and O–H groups in total. The lowest BCUT2D eigenvalue weighted by Gasteiger charge is -2.09. The lowest BCUT2D eigenvalue weighted by Crippen LogP contribution is -2.18. The number of halogens is 1. The molecule has 8 heteroatoms. The fraction of sp³-hybridized carbons (Fsp3) is 0. The molecule has 1 aromatic heterocycles. The van der Waals surface area contributed by atoms with E-state index in [2.05, 4.69) is 15.5 Å². The van der Waals surface area contributed by atoms with E-state index >= 15 is 0 Å². The molecule has 0 unspecified atom stereocenters. The van der Waals surface area contributed by atoms with Crippen molar-refractivity contribution in [2.75, 3.05) is 0 Å². The fourth-order valence-corrected chi connectivity index (χ4v) is 3.25. The van der Waals surface area contributed by atoms with Crippen LogP contribution in [0.15, 0.2) is 84.0 Å². The number of nitrogens with zero attached hydrogens (tertiary/aromatic N) is 3. The average molecular weight is 431 g/mol. The van der Waals surface area contributed by atoms with Gasteiger partial charge in [-0.1, -0.05) is 60.1 Å². The van der Waals surface area contributed by atoms with Gasteiger partial charge in [-0.3, -0.25) is 14.9 Å². The number of rotatable bonds is 5. The van der Waals surface area contributed by atoms with Gasteiger partial charge in [0.2, 0.25) is 0 Å². The zero-order valence-corrected chi connectivity index (χ0v) is 16.8. The van der Waals surface area contributed by atoms with Crippen LogP contribution in [0.4, 0.5) is 5.69 Å². The van der Waals surface area contributed by atoms with E-state index in [9.17, 15) is 14.9 Å². The van der Waals surface area contributed by atoms with Crippen molar-refractivity contribution in [3.8, 4) is 11.3 Å². The van der Waals surface area contributed by atoms with Gasteiger partial charge < -0.3 is 0 Å². The maximum absolute atomic E-state index is 12.9. The van der Waals surface area contributed by atoms with E-state index in [1.165, 1.54) is 24.4 Å². The van der Waals surface area contributed by atoms with Crippen LogP contribution in [0, 0.1) is 10.1 Å². The van der Waals surface area contributed by atoms with Crippen molar-refractivity contribution < 1.29 is 9.72 Å². The SMILES string of the molecule is O=C(NN=Cc1cc([N+](=O)[O-])ccc1Cl)c1cc(-c2ccccc2)nc2ccccc12. The number of benzene rings is 3. The molecule has 1 amide bonds. The first kappa shape index (κ1) is 20.2. The van der Waals surface area contributed by atoms with Crippen molar-refractivity contribution in [2.24, 2.45) is 5.10 Å². The Hall–Kier alpha value is -4.10. The zero-order valence-electron chi connectivity index (χ0n) is 16.0. The molecule has 0 radical (unpaired) electrons. The van der Waals surface area contributed by atoms with Crippen molar-refractivity contribution in [1.29, 1.82) is 0 Å². The van der Waals surface area contributed by atoms with Crippen LogP contribution in [0.5, 0.6) is 0 Å². The summed E-state index contributed by atoms with van der Waals surface area (Å²) in [5, 5.41) is 15.8. The number of carbonyl (C=O) groups is 1. The smallest absolute Gasteiger partial charge is 0.267 e. The average Bonchev–Trinajstić information content (AvgIpc) is 2.79. The molecule has 152 valence electrons. The first-order chi connectivity index (χ1) is 15.0. The van der Waals surface area contributed by atoms with Gasteiger partial charge in [0.05, 0.1) is 27.9 Å². The van der Waals surface area contributed by atoms with Crippen molar-refractivity contribution in [3.05, 3.63) is 105 Å². The maximum Gasteiger partial charge on any atom is 0.272 e. The first-order valence-electron chi connectivity index (χ1n) is 9.25. The predicted octanol–water partition coefficient (Wildman–Crippen LogP) is 5.23. The molecule has 3 aromatic carbocycles. The van der Waals surface area contributed by atoms with Gasteiger partial charge >= 0.3 is 0 Å². The minimum absolute atomic E-state index is 0.121. The van der Waals surface area contributed by atoms with E-state index in [0.717, 1.165) is 5.56 Å². The third-order valence-corrected chi connectivity index (χ3v) is 4.93. The van der Waals surface area contributed by atoms with Gasteiger partial charge in [-0.2, -0.15) is 5.10 Å². The molecule has 0 aliphatic carbocycles. The summed E-state index contributed by atoms with van der Waals surface area (Å²) >= 11 is 6.07. The molecule has 31 heavy (non-hydrogen) atoms. The van der Waals surface area contributed by atoms with Crippen molar-refractivity contribution in [1.82, 2.24) is 10.4 Å². The summed E-state index contributed by atoms with van der Waals surface area (Å²) in [6.07, 6.45) is 1.27. The Morgan fingerprint density at radius 1 is 1.03 bits per heavy atom. The molecular weight excluding hydrogens is 416 g/mol. The summed E-state index contributed by atoms with van der Waals surface area (Å²) in [5.41, 5.74) is 5.30. The van der Waals surface area contributed by atoms with Gasteiger partial charge in [0.1, 0.15) is 0 Å². The lowest BCUT2D eigenvalue weighted by molar-refractivity contribution is -0.384. The van der Waals surface area contributed by atoms with E-state index in [-0.39, 0.29) is 10.7 Å². The minimum Gasteiger partial charge on any atom is -0.267 e. The summed E-state index contributed by atoms with van der Waals surface area (Å²) in [4.78, 5) is 28.0. The van der Waals surface area contributed by atoms with Crippen LogP contribution >= 0.6 is 11.6 Å². The summed E-state index contributed by atoms with van der Waals surface area (Å²) < 4.78 is 0. The Labute approximate surface area is 182 Å². The molecule has 4 aromatic rings. The summed E-state index contributed by atoms with van der Waals surface area (Å²) in [7, 11) is 0.